The predicted octanol–water partition coefficient (Wildman–Crippen LogP) is 1.54. The van der Waals surface area contributed by atoms with Gasteiger partial charge in [0.15, 0.2) is 11.2 Å². The molecule has 1 atom stereocenters. The molecule has 0 unspecified atom stereocenters. The average molecular weight is 1000 g/mol. The third-order valence-corrected chi connectivity index (χ3v) is 10.5. The molecule has 3 heterocycles. The quantitative estimate of drug-likeness (QED) is 0.0234. The summed E-state index contributed by atoms with van der Waals surface area (Å²) in [7, 11) is 0. The minimum absolute atomic E-state index is 0.0489. The number of nitrogens with two attached hydrogens (primary N) is 1. The second-order valence-electron chi connectivity index (χ2n) is 15.7. The van der Waals surface area contributed by atoms with Gasteiger partial charge in [-0.3, -0.25) is 24.2 Å². The molecular formula is C45H68N12O14. The molecule has 392 valence electrons. The number of anilines is 2. The number of hydrogen-bond donors (Lipinski definition) is 5. The van der Waals surface area contributed by atoms with E-state index in [2.05, 4.69) is 40.6 Å². The Morgan fingerprint density at radius 3 is 1.76 bits per heavy atom. The number of nitrogens with one attached hydrogen (secondary N) is 3. The van der Waals surface area contributed by atoms with Gasteiger partial charge in [-0.05, 0) is 55.5 Å². The van der Waals surface area contributed by atoms with Crippen molar-refractivity contribution in [3.8, 4) is 0 Å². The van der Waals surface area contributed by atoms with E-state index in [0.29, 0.717) is 143 Å². The SMILES string of the molecule is [N-]=[N+]=NCCOCCOCCOCCOCCOCCOCCCCCOCCOCCC(=O)N1CCN(C(=O)CC[C@H](NC(=O)c2ccc(NCc3cnc4nc(N)[nH]c(=O)c4n3)cc2)C(=O)O)CC1. The molecule has 1 aliphatic rings. The minimum Gasteiger partial charge on any atom is -0.480 e. The van der Waals surface area contributed by atoms with E-state index in [1.165, 1.54) is 18.3 Å². The van der Waals surface area contributed by atoms with Crippen molar-refractivity contribution in [1.82, 2.24) is 35.1 Å². The van der Waals surface area contributed by atoms with Crippen LogP contribution in [0.1, 0.15) is 54.6 Å². The van der Waals surface area contributed by atoms with Crippen LogP contribution in [0.4, 0.5) is 11.6 Å². The van der Waals surface area contributed by atoms with E-state index < -0.39 is 23.5 Å². The maximum Gasteiger partial charge on any atom is 0.326 e. The lowest BCUT2D eigenvalue weighted by Gasteiger charge is -2.35. The van der Waals surface area contributed by atoms with Crippen LogP contribution in [0.25, 0.3) is 21.6 Å². The van der Waals surface area contributed by atoms with Gasteiger partial charge in [-0.25, -0.2) is 14.8 Å². The second-order valence-corrected chi connectivity index (χ2v) is 15.7. The third kappa shape index (κ3) is 24.1. The number of nitrogens with zero attached hydrogens (tertiary/aromatic N) is 8. The highest BCUT2D eigenvalue weighted by Gasteiger charge is 2.27. The van der Waals surface area contributed by atoms with E-state index in [1.54, 1.807) is 21.9 Å². The zero-order valence-corrected chi connectivity index (χ0v) is 40.2. The molecule has 0 spiro atoms. The summed E-state index contributed by atoms with van der Waals surface area (Å²) in [6.45, 7) is 9.31. The summed E-state index contributed by atoms with van der Waals surface area (Å²) in [6.07, 6.45) is 4.26. The number of rotatable bonds is 39. The van der Waals surface area contributed by atoms with Crippen LogP contribution < -0.4 is 21.9 Å². The molecule has 3 aromatic rings. The van der Waals surface area contributed by atoms with Crippen molar-refractivity contribution in [2.45, 2.75) is 51.1 Å². The highest BCUT2D eigenvalue weighted by atomic mass is 16.6. The molecule has 2 aromatic heterocycles. The molecule has 3 amide bonds. The van der Waals surface area contributed by atoms with Crippen molar-refractivity contribution in [3.05, 3.63) is 62.5 Å². The monoisotopic (exact) mass is 1000 g/mol. The lowest BCUT2D eigenvalue weighted by molar-refractivity contribution is -0.142. The fourth-order valence-electron chi connectivity index (χ4n) is 6.69. The van der Waals surface area contributed by atoms with Crippen molar-refractivity contribution in [2.75, 3.05) is 149 Å². The number of ether oxygens (including phenoxy) is 8. The molecule has 6 N–H and O–H groups in total. The van der Waals surface area contributed by atoms with Crippen molar-refractivity contribution in [3.63, 3.8) is 0 Å². The van der Waals surface area contributed by atoms with Crippen LogP contribution in [-0.4, -0.2) is 203 Å². The van der Waals surface area contributed by atoms with Crippen LogP contribution in [-0.2, 0) is 58.8 Å². The van der Waals surface area contributed by atoms with Gasteiger partial charge in [0.25, 0.3) is 11.5 Å². The maximum atomic E-state index is 13.0. The maximum absolute atomic E-state index is 13.0. The van der Waals surface area contributed by atoms with Crippen molar-refractivity contribution < 1.29 is 62.2 Å². The molecule has 0 saturated carbocycles. The van der Waals surface area contributed by atoms with Crippen LogP contribution in [0, 0.1) is 0 Å². The first kappa shape index (κ1) is 57.5. The summed E-state index contributed by atoms with van der Waals surface area (Å²) in [5.41, 5.74) is 14.7. The topological polar surface area (TPSA) is 339 Å². The van der Waals surface area contributed by atoms with E-state index in [0.717, 1.165) is 19.3 Å². The first-order valence-electron chi connectivity index (χ1n) is 23.7. The minimum atomic E-state index is -1.29. The molecule has 4 rings (SSSR count). The third-order valence-electron chi connectivity index (χ3n) is 10.5. The normalized spacial score (nSPS) is 13.0. The first-order valence-corrected chi connectivity index (χ1v) is 23.7. The zero-order chi connectivity index (χ0) is 50.7. The second kappa shape index (κ2) is 35.1. The number of nitrogen functional groups attached to an aromatic ring is 1. The van der Waals surface area contributed by atoms with Crippen LogP contribution in [0.3, 0.4) is 0 Å². The lowest BCUT2D eigenvalue weighted by atomic mass is 10.1. The Morgan fingerprint density at radius 2 is 1.23 bits per heavy atom. The summed E-state index contributed by atoms with van der Waals surface area (Å²) in [5, 5.41) is 18.8. The number of fused-ring (bicyclic) bond motifs is 1. The van der Waals surface area contributed by atoms with Crippen LogP contribution >= 0.6 is 0 Å². The van der Waals surface area contributed by atoms with Gasteiger partial charge in [0.05, 0.1) is 117 Å². The van der Waals surface area contributed by atoms with Crippen molar-refractivity contribution in [2.24, 2.45) is 5.11 Å². The number of unbranched alkanes of at least 4 members (excludes halogenated alkanes) is 2. The number of piperazine rings is 1. The van der Waals surface area contributed by atoms with E-state index in [4.69, 9.17) is 49.2 Å². The predicted molar refractivity (Wildman–Crippen MR) is 256 cm³/mol. The number of aromatic amines is 1. The molecule has 26 heteroatoms. The number of H-pyrrole nitrogens is 1. The Hall–Kier alpha value is -6.09. The molecule has 71 heavy (non-hydrogen) atoms. The number of carbonyl (C=O) groups excluding carboxylic acids is 3. The van der Waals surface area contributed by atoms with Gasteiger partial charge in [0, 0.05) is 68.5 Å². The fourth-order valence-corrected chi connectivity index (χ4v) is 6.69. The van der Waals surface area contributed by atoms with Crippen molar-refractivity contribution >= 4 is 46.5 Å². The number of carboxylic acid groups (broad SMARTS) is 1. The van der Waals surface area contributed by atoms with Gasteiger partial charge in [-0.15, -0.1) is 0 Å². The number of azide groups is 1. The van der Waals surface area contributed by atoms with Crippen LogP contribution in [0.2, 0.25) is 0 Å². The van der Waals surface area contributed by atoms with Gasteiger partial charge in [0.2, 0.25) is 17.8 Å². The molecule has 1 fully saturated rings. The molecule has 0 radical (unpaired) electrons. The Balaban J connectivity index is 0.914. The number of amides is 3. The van der Waals surface area contributed by atoms with Gasteiger partial charge < -0.3 is 69.2 Å². The van der Waals surface area contributed by atoms with Gasteiger partial charge in [-0.1, -0.05) is 5.11 Å². The highest BCUT2D eigenvalue weighted by molar-refractivity contribution is 5.97. The van der Waals surface area contributed by atoms with Gasteiger partial charge >= 0.3 is 5.97 Å². The van der Waals surface area contributed by atoms with E-state index >= 15 is 0 Å². The number of benzene rings is 1. The molecule has 26 nitrogen and oxygen atoms in total. The standard InChI is InChI=1S/C45H68N12O14/c46-45-53-41-40(43(61)54-45)51-36(33-49-41)32-48-35-6-4-34(5-7-35)42(60)52-37(44(62)63)8-9-38(58)56-12-14-57(15-13-56)39(59)10-18-66-22-20-64-16-2-1-3-17-65-21-24-68-26-28-70-30-31-71-29-27-69-25-23-67-19-11-50-55-47/h4-7,33,37,48H,1-3,8-32H2,(H,52,60)(H,62,63)(H3,46,49,53,54,61)/t37-/m0/s1. The number of hydrogen-bond acceptors (Lipinski definition) is 19. The summed E-state index contributed by atoms with van der Waals surface area (Å²) in [6, 6.07) is 5.02. The van der Waals surface area contributed by atoms with Gasteiger partial charge in [-0.2, -0.15) is 4.98 Å². The fraction of sp³-hybridized carbons (Fsp3) is 0.644. The average Bonchev–Trinajstić information content (AvgIpc) is 3.37. The highest BCUT2D eigenvalue weighted by Crippen LogP contribution is 2.14. The summed E-state index contributed by atoms with van der Waals surface area (Å²) >= 11 is 0. The lowest BCUT2D eigenvalue weighted by Crippen LogP contribution is -2.51. The van der Waals surface area contributed by atoms with Gasteiger partial charge in [0.1, 0.15) is 6.04 Å². The molecule has 0 bridgehead atoms. The molecular weight excluding hydrogens is 933 g/mol. The number of carboxylic acids is 1. The zero-order valence-electron chi connectivity index (χ0n) is 40.2. The Kier molecular flexibility index (Phi) is 28.4. The number of carbonyl (C=O) groups is 4. The number of aromatic nitrogens is 4. The largest absolute Gasteiger partial charge is 0.480 e. The molecule has 1 aliphatic heterocycles. The molecule has 1 aromatic carbocycles. The Labute approximate surface area is 411 Å². The first-order chi connectivity index (χ1) is 34.6. The Bertz CT molecular complexity index is 2140. The van der Waals surface area contributed by atoms with E-state index in [1.807, 2.05) is 0 Å². The molecule has 1 saturated heterocycles. The Morgan fingerprint density at radius 1 is 0.718 bits per heavy atom. The summed E-state index contributed by atoms with van der Waals surface area (Å²) < 4.78 is 43.9. The smallest absolute Gasteiger partial charge is 0.326 e. The van der Waals surface area contributed by atoms with Crippen LogP contribution in [0.5, 0.6) is 0 Å². The summed E-state index contributed by atoms with van der Waals surface area (Å²) in [4.78, 5) is 83.5. The number of aliphatic carboxylic acids is 1. The van der Waals surface area contributed by atoms with Crippen LogP contribution in [0.15, 0.2) is 40.4 Å². The van der Waals surface area contributed by atoms with E-state index in [-0.39, 0.29) is 66.9 Å². The van der Waals surface area contributed by atoms with Crippen molar-refractivity contribution in [1.29, 1.82) is 0 Å². The molecule has 0 aliphatic carbocycles. The van der Waals surface area contributed by atoms with E-state index in [9.17, 15) is 29.1 Å². The summed E-state index contributed by atoms with van der Waals surface area (Å²) in [5.74, 6) is -2.27.